The van der Waals surface area contributed by atoms with Gasteiger partial charge < -0.3 is 14.8 Å². The molecule has 0 bridgehead atoms. The molecule has 1 N–H and O–H groups in total. The number of rotatable bonds is 8. The zero-order chi connectivity index (χ0) is 21.8. The van der Waals surface area contributed by atoms with E-state index in [0.717, 1.165) is 10.6 Å². The average molecular weight is 441 g/mol. The van der Waals surface area contributed by atoms with Crippen LogP contribution in [-0.4, -0.2) is 40.8 Å². The molecular weight excluding hydrogens is 416 g/mol. The Hall–Kier alpha value is -2.45. The lowest BCUT2D eigenvalue weighted by Crippen LogP contribution is -2.34. The molecule has 2 rings (SSSR count). The molecule has 7 nitrogen and oxygen atoms in total. The van der Waals surface area contributed by atoms with Crippen LogP contribution >= 0.6 is 11.6 Å². The SMILES string of the molecule is COc1cc(C(=O)NC(C)C)c(N(Cc2ccc(Cl)cc2)S(C)(=O)=O)cc1OC. The van der Waals surface area contributed by atoms with Crippen LogP contribution in [0.1, 0.15) is 29.8 Å². The van der Waals surface area contributed by atoms with E-state index in [1.165, 1.54) is 26.4 Å². The molecule has 0 aliphatic carbocycles. The molecule has 158 valence electrons. The first-order valence-corrected chi connectivity index (χ1v) is 11.1. The largest absolute Gasteiger partial charge is 0.493 e. The van der Waals surface area contributed by atoms with E-state index >= 15 is 0 Å². The summed E-state index contributed by atoms with van der Waals surface area (Å²) in [6.45, 7) is 3.66. The van der Waals surface area contributed by atoms with Crippen molar-refractivity contribution in [3.05, 3.63) is 52.5 Å². The lowest BCUT2D eigenvalue weighted by Gasteiger charge is -2.26. The minimum Gasteiger partial charge on any atom is -0.493 e. The van der Waals surface area contributed by atoms with Gasteiger partial charge in [0.1, 0.15) is 0 Å². The second kappa shape index (κ2) is 9.37. The van der Waals surface area contributed by atoms with Crippen molar-refractivity contribution in [2.24, 2.45) is 0 Å². The van der Waals surface area contributed by atoms with Gasteiger partial charge in [-0.3, -0.25) is 9.10 Å². The first-order chi connectivity index (χ1) is 13.6. The molecule has 0 aliphatic heterocycles. The Balaban J connectivity index is 2.66. The molecule has 0 spiro atoms. The van der Waals surface area contributed by atoms with E-state index in [0.29, 0.717) is 22.1 Å². The summed E-state index contributed by atoms with van der Waals surface area (Å²) >= 11 is 5.93. The van der Waals surface area contributed by atoms with Gasteiger partial charge in [0.05, 0.1) is 38.3 Å². The molecule has 9 heteroatoms. The Bertz CT molecular complexity index is 975. The topological polar surface area (TPSA) is 84.9 Å². The fraction of sp³-hybridized carbons (Fsp3) is 0.350. The average Bonchev–Trinajstić information content (AvgIpc) is 2.65. The van der Waals surface area contributed by atoms with Gasteiger partial charge in [-0.1, -0.05) is 23.7 Å². The molecule has 2 aromatic carbocycles. The summed E-state index contributed by atoms with van der Waals surface area (Å²) in [5.74, 6) is 0.221. The number of amides is 1. The fourth-order valence-corrected chi connectivity index (χ4v) is 3.75. The van der Waals surface area contributed by atoms with E-state index in [2.05, 4.69) is 5.32 Å². The molecule has 0 radical (unpaired) electrons. The Morgan fingerprint density at radius 1 is 1.10 bits per heavy atom. The normalized spacial score (nSPS) is 11.3. The lowest BCUT2D eigenvalue weighted by atomic mass is 10.1. The van der Waals surface area contributed by atoms with E-state index in [9.17, 15) is 13.2 Å². The summed E-state index contributed by atoms with van der Waals surface area (Å²) in [7, 11) is -0.839. The molecule has 1 amide bonds. The third kappa shape index (κ3) is 5.77. The van der Waals surface area contributed by atoms with Crippen LogP contribution in [0.2, 0.25) is 5.02 Å². The van der Waals surface area contributed by atoms with Crippen molar-refractivity contribution in [2.45, 2.75) is 26.4 Å². The Morgan fingerprint density at radius 3 is 2.14 bits per heavy atom. The standard InChI is InChI=1S/C20H25ClN2O5S/c1-13(2)22-20(24)16-10-18(27-3)19(28-4)11-17(16)23(29(5,25)26)12-14-6-8-15(21)9-7-14/h6-11,13H,12H2,1-5H3,(H,22,24). The first kappa shape index (κ1) is 22.8. The second-order valence-corrected chi connectivity index (χ2v) is 9.09. The number of hydrogen-bond acceptors (Lipinski definition) is 5. The monoisotopic (exact) mass is 440 g/mol. The summed E-state index contributed by atoms with van der Waals surface area (Å²) < 4.78 is 37.1. The number of halogens is 1. The number of methoxy groups -OCH3 is 2. The molecule has 29 heavy (non-hydrogen) atoms. The summed E-state index contributed by atoms with van der Waals surface area (Å²) in [6.07, 6.45) is 1.09. The number of benzene rings is 2. The minimum absolute atomic E-state index is 0.0213. The Labute approximate surface area is 176 Å². The Morgan fingerprint density at radius 2 is 1.66 bits per heavy atom. The predicted molar refractivity (Wildman–Crippen MR) is 115 cm³/mol. The number of anilines is 1. The quantitative estimate of drug-likeness (QED) is 0.679. The molecule has 0 aromatic heterocycles. The minimum atomic E-state index is -3.73. The maximum atomic E-state index is 12.8. The van der Waals surface area contributed by atoms with E-state index in [1.54, 1.807) is 24.3 Å². The number of ether oxygens (including phenoxy) is 2. The molecule has 0 heterocycles. The van der Waals surface area contributed by atoms with Crippen LogP contribution in [-0.2, 0) is 16.6 Å². The molecular formula is C20H25ClN2O5S. The van der Waals surface area contributed by atoms with Gasteiger partial charge in [0, 0.05) is 17.1 Å². The van der Waals surface area contributed by atoms with Crippen LogP contribution in [0.15, 0.2) is 36.4 Å². The lowest BCUT2D eigenvalue weighted by molar-refractivity contribution is 0.0943. The van der Waals surface area contributed by atoms with Crippen molar-refractivity contribution in [1.29, 1.82) is 0 Å². The number of hydrogen-bond donors (Lipinski definition) is 1. The van der Waals surface area contributed by atoms with Crippen LogP contribution in [0.4, 0.5) is 5.69 Å². The maximum absolute atomic E-state index is 12.8. The number of nitrogens with zero attached hydrogens (tertiary/aromatic N) is 1. The third-order valence-corrected chi connectivity index (χ3v) is 5.45. The highest BCUT2D eigenvalue weighted by Gasteiger charge is 2.26. The molecule has 0 fully saturated rings. The fourth-order valence-electron chi connectivity index (χ4n) is 2.73. The van der Waals surface area contributed by atoms with Gasteiger partial charge in [-0.25, -0.2) is 8.42 Å². The summed E-state index contributed by atoms with van der Waals surface area (Å²) in [4.78, 5) is 12.8. The zero-order valence-corrected chi connectivity index (χ0v) is 18.6. The van der Waals surface area contributed by atoms with Gasteiger partial charge in [-0.05, 0) is 37.6 Å². The molecule has 0 aliphatic rings. The predicted octanol–water partition coefficient (Wildman–Crippen LogP) is 3.46. The van der Waals surface area contributed by atoms with E-state index < -0.39 is 15.9 Å². The van der Waals surface area contributed by atoms with E-state index in [1.807, 2.05) is 13.8 Å². The van der Waals surface area contributed by atoms with Crippen LogP contribution in [0.5, 0.6) is 11.5 Å². The highest BCUT2D eigenvalue weighted by molar-refractivity contribution is 7.92. The molecule has 0 unspecified atom stereocenters. The van der Waals surface area contributed by atoms with Gasteiger partial charge in [0.2, 0.25) is 10.0 Å². The van der Waals surface area contributed by atoms with Crippen molar-refractivity contribution in [1.82, 2.24) is 5.32 Å². The smallest absolute Gasteiger partial charge is 0.253 e. The van der Waals surface area contributed by atoms with Gasteiger partial charge in [-0.2, -0.15) is 0 Å². The number of sulfonamides is 1. The van der Waals surface area contributed by atoms with Crippen molar-refractivity contribution < 1.29 is 22.7 Å². The van der Waals surface area contributed by atoms with Crippen LogP contribution in [0.3, 0.4) is 0 Å². The van der Waals surface area contributed by atoms with Gasteiger partial charge >= 0.3 is 0 Å². The van der Waals surface area contributed by atoms with Crippen molar-refractivity contribution in [3.8, 4) is 11.5 Å². The van der Waals surface area contributed by atoms with Crippen molar-refractivity contribution in [2.75, 3.05) is 24.8 Å². The maximum Gasteiger partial charge on any atom is 0.253 e. The van der Waals surface area contributed by atoms with E-state index in [-0.39, 0.29) is 23.8 Å². The second-order valence-electron chi connectivity index (χ2n) is 6.75. The zero-order valence-electron chi connectivity index (χ0n) is 17.0. The summed E-state index contributed by atoms with van der Waals surface area (Å²) in [5, 5.41) is 3.34. The molecule has 0 atom stereocenters. The van der Waals surface area contributed by atoms with Crippen LogP contribution in [0, 0.1) is 0 Å². The summed E-state index contributed by atoms with van der Waals surface area (Å²) in [6, 6.07) is 9.66. The van der Waals surface area contributed by atoms with E-state index in [4.69, 9.17) is 21.1 Å². The summed E-state index contributed by atoms with van der Waals surface area (Å²) in [5.41, 5.74) is 1.07. The highest BCUT2D eigenvalue weighted by Crippen LogP contribution is 2.37. The number of carbonyl (C=O) groups excluding carboxylic acids is 1. The highest BCUT2D eigenvalue weighted by atomic mass is 35.5. The first-order valence-electron chi connectivity index (χ1n) is 8.85. The number of carbonyl (C=O) groups is 1. The molecule has 0 saturated heterocycles. The van der Waals surface area contributed by atoms with Crippen molar-refractivity contribution in [3.63, 3.8) is 0 Å². The number of nitrogens with one attached hydrogen (secondary N) is 1. The third-order valence-electron chi connectivity index (χ3n) is 4.07. The van der Waals surface area contributed by atoms with Gasteiger partial charge in [0.25, 0.3) is 5.91 Å². The molecule has 0 saturated carbocycles. The van der Waals surface area contributed by atoms with Crippen molar-refractivity contribution >= 4 is 33.2 Å². The van der Waals surface area contributed by atoms with Gasteiger partial charge in [0.15, 0.2) is 11.5 Å². The van der Waals surface area contributed by atoms with Crippen LogP contribution in [0.25, 0.3) is 0 Å². The van der Waals surface area contributed by atoms with Crippen LogP contribution < -0.4 is 19.1 Å². The van der Waals surface area contributed by atoms with Gasteiger partial charge in [-0.15, -0.1) is 0 Å². The molecule has 2 aromatic rings. The Kier molecular flexibility index (Phi) is 7.37.